The van der Waals surface area contributed by atoms with Gasteiger partial charge in [-0.3, -0.25) is 0 Å². The Balaban J connectivity index is 1.94. The molecule has 4 aromatic carbocycles. The van der Waals surface area contributed by atoms with Crippen LogP contribution in [0.1, 0.15) is 16.7 Å². The number of rotatable bonds is 4. The van der Waals surface area contributed by atoms with Crippen molar-refractivity contribution >= 4 is 0 Å². The molecule has 1 heteroatoms. The van der Waals surface area contributed by atoms with Crippen LogP contribution in [0, 0.1) is 6.92 Å². The van der Waals surface area contributed by atoms with Crippen LogP contribution >= 0.6 is 0 Å². The number of phenols is 1. The first-order valence-electron chi connectivity index (χ1n) is 9.24. The molecule has 0 atom stereocenters. The highest BCUT2D eigenvalue weighted by Crippen LogP contribution is 2.42. The van der Waals surface area contributed by atoms with Crippen molar-refractivity contribution < 1.29 is 5.11 Å². The molecular formula is C26H22O. The Kier molecular flexibility index (Phi) is 4.76. The molecule has 0 spiro atoms. The van der Waals surface area contributed by atoms with Crippen molar-refractivity contribution in [2.24, 2.45) is 0 Å². The van der Waals surface area contributed by atoms with Gasteiger partial charge in [-0.1, -0.05) is 91.0 Å². The molecular weight excluding hydrogens is 328 g/mol. The van der Waals surface area contributed by atoms with E-state index in [0.717, 1.165) is 34.2 Å². The van der Waals surface area contributed by atoms with Gasteiger partial charge in [-0.25, -0.2) is 0 Å². The lowest BCUT2D eigenvalue weighted by atomic mass is 9.88. The SMILES string of the molecule is Cc1c(Cc2ccccc2)cc(-c2ccccc2)c(O)c1-c1ccccc1. The van der Waals surface area contributed by atoms with Crippen molar-refractivity contribution in [2.75, 3.05) is 0 Å². The fourth-order valence-corrected chi connectivity index (χ4v) is 3.62. The van der Waals surface area contributed by atoms with Crippen LogP contribution in [0.5, 0.6) is 5.75 Å². The van der Waals surface area contributed by atoms with Gasteiger partial charge in [-0.2, -0.15) is 0 Å². The summed E-state index contributed by atoms with van der Waals surface area (Å²) >= 11 is 0. The molecule has 0 amide bonds. The summed E-state index contributed by atoms with van der Waals surface area (Å²) in [5, 5.41) is 11.2. The fourth-order valence-electron chi connectivity index (χ4n) is 3.62. The van der Waals surface area contributed by atoms with E-state index >= 15 is 0 Å². The predicted octanol–water partition coefficient (Wildman–Crippen LogP) is 6.63. The molecule has 0 fully saturated rings. The van der Waals surface area contributed by atoms with Crippen molar-refractivity contribution in [2.45, 2.75) is 13.3 Å². The Hall–Kier alpha value is -3.32. The lowest BCUT2D eigenvalue weighted by Gasteiger charge is -2.18. The van der Waals surface area contributed by atoms with Crippen LogP contribution in [0.4, 0.5) is 0 Å². The second-order valence-electron chi connectivity index (χ2n) is 6.83. The number of phenolic OH excluding ortho intramolecular Hbond substituents is 1. The van der Waals surface area contributed by atoms with Crippen LogP contribution in [0.15, 0.2) is 97.1 Å². The van der Waals surface area contributed by atoms with Crippen molar-refractivity contribution in [3.63, 3.8) is 0 Å². The Bertz CT molecular complexity index is 1040. The molecule has 4 rings (SSSR count). The van der Waals surface area contributed by atoms with Crippen LogP contribution < -0.4 is 0 Å². The quantitative estimate of drug-likeness (QED) is 0.438. The summed E-state index contributed by atoms with van der Waals surface area (Å²) in [5.74, 6) is 0.349. The lowest BCUT2D eigenvalue weighted by molar-refractivity contribution is 0.478. The maximum atomic E-state index is 11.2. The number of aromatic hydroxyl groups is 1. The van der Waals surface area contributed by atoms with E-state index in [9.17, 15) is 5.11 Å². The van der Waals surface area contributed by atoms with Gasteiger partial charge in [0, 0.05) is 11.1 Å². The van der Waals surface area contributed by atoms with Gasteiger partial charge in [0.05, 0.1) is 0 Å². The Morgan fingerprint density at radius 2 is 1.19 bits per heavy atom. The first-order chi connectivity index (χ1) is 13.2. The summed E-state index contributed by atoms with van der Waals surface area (Å²) in [6.07, 6.45) is 0.840. The first kappa shape index (κ1) is 17.1. The van der Waals surface area contributed by atoms with Gasteiger partial charge in [0.2, 0.25) is 0 Å². The highest BCUT2D eigenvalue weighted by molar-refractivity contribution is 5.85. The van der Waals surface area contributed by atoms with E-state index in [1.165, 1.54) is 11.1 Å². The smallest absolute Gasteiger partial charge is 0.131 e. The molecule has 132 valence electrons. The molecule has 0 unspecified atom stereocenters. The third kappa shape index (κ3) is 3.50. The number of benzene rings is 4. The Morgan fingerprint density at radius 1 is 0.667 bits per heavy atom. The summed E-state index contributed by atoms with van der Waals surface area (Å²) in [6.45, 7) is 2.11. The Morgan fingerprint density at radius 3 is 1.78 bits per heavy atom. The van der Waals surface area contributed by atoms with Gasteiger partial charge in [-0.15, -0.1) is 0 Å². The minimum absolute atomic E-state index is 0.349. The monoisotopic (exact) mass is 350 g/mol. The molecule has 0 aromatic heterocycles. The molecule has 1 nitrogen and oxygen atoms in total. The van der Waals surface area contributed by atoms with E-state index in [-0.39, 0.29) is 0 Å². The number of hydrogen-bond acceptors (Lipinski definition) is 1. The second kappa shape index (κ2) is 7.51. The average molecular weight is 350 g/mol. The van der Waals surface area contributed by atoms with Gasteiger partial charge in [0.1, 0.15) is 5.75 Å². The van der Waals surface area contributed by atoms with Crippen LogP contribution in [0.2, 0.25) is 0 Å². The van der Waals surface area contributed by atoms with Crippen LogP contribution in [0.3, 0.4) is 0 Å². The van der Waals surface area contributed by atoms with Crippen molar-refractivity contribution in [3.8, 4) is 28.0 Å². The highest BCUT2D eigenvalue weighted by atomic mass is 16.3. The van der Waals surface area contributed by atoms with E-state index < -0.39 is 0 Å². The highest BCUT2D eigenvalue weighted by Gasteiger charge is 2.17. The minimum Gasteiger partial charge on any atom is -0.507 e. The minimum atomic E-state index is 0.349. The van der Waals surface area contributed by atoms with Crippen molar-refractivity contribution in [3.05, 3.63) is 114 Å². The maximum Gasteiger partial charge on any atom is 0.131 e. The molecule has 4 aromatic rings. The van der Waals surface area contributed by atoms with Crippen molar-refractivity contribution in [1.29, 1.82) is 0 Å². The van der Waals surface area contributed by atoms with Crippen LogP contribution in [0.25, 0.3) is 22.3 Å². The zero-order valence-electron chi connectivity index (χ0n) is 15.4. The average Bonchev–Trinajstić information content (AvgIpc) is 2.72. The molecule has 27 heavy (non-hydrogen) atoms. The summed E-state index contributed by atoms with van der Waals surface area (Å²) in [7, 11) is 0. The van der Waals surface area contributed by atoms with Gasteiger partial charge < -0.3 is 5.11 Å². The molecule has 0 heterocycles. The first-order valence-corrected chi connectivity index (χ1v) is 9.24. The summed E-state index contributed by atoms with van der Waals surface area (Å²) in [6, 6.07) is 32.9. The second-order valence-corrected chi connectivity index (χ2v) is 6.83. The maximum absolute atomic E-state index is 11.2. The molecule has 0 saturated heterocycles. The summed E-state index contributed by atoms with van der Waals surface area (Å²) in [5.41, 5.74) is 7.50. The third-order valence-corrected chi connectivity index (χ3v) is 5.05. The Labute approximate surface area is 160 Å². The van der Waals surface area contributed by atoms with E-state index in [4.69, 9.17) is 0 Å². The zero-order valence-corrected chi connectivity index (χ0v) is 15.4. The van der Waals surface area contributed by atoms with E-state index in [0.29, 0.717) is 5.75 Å². The van der Waals surface area contributed by atoms with Gasteiger partial charge >= 0.3 is 0 Å². The molecule has 0 aliphatic rings. The molecule has 0 aliphatic heterocycles. The fraction of sp³-hybridized carbons (Fsp3) is 0.0769. The van der Waals surface area contributed by atoms with Crippen LogP contribution in [-0.4, -0.2) is 5.11 Å². The van der Waals surface area contributed by atoms with Crippen molar-refractivity contribution in [1.82, 2.24) is 0 Å². The largest absolute Gasteiger partial charge is 0.507 e. The van der Waals surface area contributed by atoms with Crippen LogP contribution in [-0.2, 0) is 6.42 Å². The molecule has 0 bridgehead atoms. The lowest BCUT2D eigenvalue weighted by Crippen LogP contribution is -1.97. The standard InChI is InChI=1S/C26H22O/c1-19-23(17-20-11-5-2-6-12-20)18-24(21-13-7-3-8-14-21)26(27)25(19)22-15-9-4-10-16-22/h2-16,18,27H,17H2,1H3. The zero-order chi connectivity index (χ0) is 18.6. The summed E-state index contributed by atoms with van der Waals surface area (Å²) in [4.78, 5) is 0. The third-order valence-electron chi connectivity index (χ3n) is 5.05. The predicted molar refractivity (Wildman–Crippen MR) is 113 cm³/mol. The molecule has 0 aliphatic carbocycles. The van der Waals surface area contributed by atoms with Gasteiger partial charge in [-0.05, 0) is 47.2 Å². The van der Waals surface area contributed by atoms with Gasteiger partial charge in [0.25, 0.3) is 0 Å². The number of hydrogen-bond donors (Lipinski definition) is 1. The normalized spacial score (nSPS) is 10.7. The molecule has 0 saturated carbocycles. The van der Waals surface area contributed by atoms with Gasteiger partial charge in [0.15, 0.2) is 0 Å². The van der Waals surface area contributed by atoms with E-state index in [1.807, 2.05) is 54.6 Å². The van der Waals surface area contributed by atoms with E-state index in [1.54, 1.807) is 0 Å². The van der Waals surface area contributed by atoms with E-state index in [2.05, 4.69) is 49.4 Å². The summed E-state index contributed by atoms with van der Waals surface area (Å²) < 4.78 is 0. The topological polar surface area (TPSA) is 20.2 Å². The molecule has 1 N–H and O–H groups in total. The molecule has 0 radical (unpaired) electrons.